The third-order valence-corrected chi connectivity index (χ3v) is 9.69. The monoisotopic (exact) mass is 475 g/mol. The summed E-state index contributed by atoms with van der Waals surface area (Å²) in [6, 6.07) is 6.55. The quantitative estimate of drug-likeness (QED) is 0.370. The Kier molecular flexibility index (Phi) is 9.91. The Labute approximate surface area is 181 Å². The van der Waals surface area contributed by atoms with Gasteiger partial charge >= 0.3 is 0 Å². The van der Waals surface area contributed by atoms with Crippen LogP contribution in [-0.2, 0) is 4.57 Å². The van der Waals surface area contributed by atoms with Gasteiger partial charge < -0.3 is 5.32 Å². The molecule has 0 aliphatic carbocycles. The standard InChI is InChI=1S/C17H26Cl4N3O2P/c1-5-23(6-2)27(26,24(7-3)8-4)16(17(19,20)21)22-15(25)13-11-9-10-12-14(13)18/h9-12,16H,5-8H2,1-4H3,(H,22,25). The highest BCUT2D eigenvalue weighted by atomic mass is 35.6. The third-order valence-electron chi connectivity index (χ3n) is 4.30. The van der Waals surface area contributed by atoms with Gasteiger partial charge in [-0.15, -0.1) is 0 Å². The second-order valence-corrected chi connectivity index (χ2v) is 11.4. The molecule has 0 spiro atoms. The summed E-state index contributed by atoms with van der Waals surface area (Å²) in [7, 11) is -3.46. The maximum Gasteiger partial charge on any atom is 0.253 e. The number of rotatable bonds is 9. The lowest BCUT2D eigenvalue weighted by molar-refractivity contribution is 0.0945. The van der Waals surface area contributed by atoms with Crippen LogP contribution in [-0.4, -0.2) is 51.0 Å². The lowest BCUT2D eigenvalue weighted by atomic mass is 10.2. The van der Waals surface area contributed by atoms with Crippen LogP contribution in [0.3, 0.4) is 0 Å². The largest absolute Gasteiger partial charge is 0.336 e. The molecule has 10 heteroatoms. The molecule has 0 heterocycles. The average Bonchev–Trinajstić information content (AvgIpc) is 2.60. The van der Waals surface area contributed by atoms with Crippen molar-refractivity contribution >= 4 is 59.8 Å². The summed E-state index contributed by atoms with van der Waals surface area (Å²) < 4.78 is 15.8. The van der Waals surface area contributed by atoms with Gasteiger partial charge in [-0.1, -0.05) is 86.2 Å². The van der Waals surface area contributed by atoms with Gasteiger partial charge in [0.25, 0.3) is 5.91 Å². The van der Waals surface area contributed by atoms with Gasteiger partial charge in [-0.2, -0.15) is 0 Å². The highest BCUT2D eigenvalue weighted by Crippen LogP contribution is 2.61. The topological polar surface area (TPSA) is 52.7 Å². The van der Waals surface area contributed by atoms with E-state index >= 15 is 0 Å². The molecule has 0 aliphatic rings. The number of carbonyl (C=O) groups excluding carboxylic acids is 1. The second kappa shape index (κ2) is 10.7. The Bertz CT molecular complexity index is 660. The van der Waals surface area contributed by atoms with Crippen LogP contribution in [0.2, 0.25) is 5.02 Å². The van der Waals surface area contributed by atoms with E-state index < -0.39 is 22.9 Å². The van der Waals surface area contributed by atoms with E-state index in [9.17, 15) is 9.36 Å². The van der Waals surface area contributed by atoms with Crippen molar-refractivity contribution in [3.63, 3.8) is 0 Å². The fourth-order valence-electron chi connectivity index (χ4n) is 2.97. The minimum Gasteiger partial charge on any atom is -0.336 e. The van der Waals surface area contributed by atoms with Gasteiger partial charge in [0.2, 0.25) is 11.2 Å². The van der Waals surface area contributed by atoms with Crippen molar-refractivity contribution in [2.45, 2.75) is 37.3 Å². The van der Waals surface area contributed by atoms with Crippen LogP contribution in [0.1, 0.15) is 38.1 Å². The molecule has 0 radical (unpaired) electrons. The summed E-state index contributed by atoms with van der Waals surface area (Å²) >= 11 is 24.8. The number of nitrogens with zero attached hydrogens (tertiary/aromatic N) is 2. The molecular weight excluding hydrogens is 451 g/mol. The van der Waals surface area contributed by atoms with Crippen molar-refractivity contribution in [3.8, 4) is 0 Å². The summed E-state index contributed by atoms with van der Waals surface area (Å²) in [6.45, 7) is 9.42. The van der Waals surface area contributed by atoms with Gasteiger partial charge in [0.15, 0.2) is 5.78 Å². The molecule has 1 atom stereocenters. The molecule has 0 aromatic heterocycles. The van der Waals surface area contributed by atoms with E-state index in [4.69, 9.17) is 46.4 Å². The zero-order chi connectivity index (χ0) is 20.8. The number of amides is 1. The normalized spacial score (nSPS) is 13.9. The molecule has 5 nitrogen and oxygen atoms in total. The summed E-state index contributed by atoms with van der Waals surface area (Å²) in [5.74, 6) is -1.78. The molecule has 1 N–H and O–H groups in total. The molecule has 154 valence electrons. The second-order valence-electron chi connectivity index (χ2n) is 5.76. The first-order valence-corrected chi connectivity index (χ1v) is 12.0. The zero-order valence-corrected chi connectivity index (χ0v) is 19.8. The first kappa shape index (κ1) is 25.0. The van der Waals surface area contributed by atoms with Crippen LogP contribution < -0.4 is 5.32 Å². The van der Waals surface area contributed by atoms with E-state index in [1.807, 2.05) is 27.7 Å². The number of hydrogen-bond acceptors (Lipinski definition) is 2. The number of halogens is 4. The van der Waals surface area contributed by atoms with E-state index in [1.165, 1.54) is 0 Å². The summed E-state index contributed by atoms with van der Waals surface area (Å²) in [4.78, 5) is 12.8. The molecular formula is C17H26Cl4N3O2P. The predicted molar refractivity (Wildman–Crippen MR) is 116 cm³/mol. The molecule has 0 fully saturated rings. The number of benzene rings is 1. The predicted octanol–water partition coefficient (Wildman–Crippen LogP) is 5.64. The van der Waals surface area contributed by atoms with Crippen molar-refractivity contribution in [1.29, 1.82) is 0 Å². The van der Waals surface area contributed by atoms with E-state index in [-0.39, 0.29) is 10.6 Å². The molecule has 1 amide bonds. The maximum absolute atomic E-state index is 14.3. The third kappa shape index (κ3) is 5.76. The van der Waals surface area contributed by atoms with Gasteiger partial charge in [-0.05, 0) is 12.1 Å². The molecule has 27 heavy (non-hydrogen) atoms. The van der Waals surface area contributed by atoms with Crippen molar-refractivity contribution in [2.75, 3.05) is 26.2 Å². The lowest BCUT2D eigenvalue weighted by Gasteiger charge is -2.44. The Hall–Kier alpha value is -0.0000000000000000763. The highest BCUT2D eigenvalue weighted by molar-refractivity contribution is 7.60. The molecule has 1 aromatic rings. The van der Waals surface area contributed by atoms with E-state index in [1.54, 1.807) is 33.6 Å². The molecule has 0 aliphatic heterocycles. The van der Waals surface area contributed by atoms with Crippen molar-refractivity contribution in [1.82, 2.24) is 14.7 Å². The molecule has 0 bridgehead atoms. The fourth-order valence-corrected chi connectivity index (χ4v) is 7.80. The molecule has 0 saturated carbocycles. The Morgan fingerprint density at radius 1 is 1.04 bits per heavy atom. The maximum atomic E-state index is 14.3. The van der Waals surface area contributed by atoms with Crippen LogP contribution in [0.15, 0.2) is 24.3 Å². The van der Waals surface area contributed by atoms with Crippen LogP contribution >= 0.6 is 53.8 Å². The Morgan fingerprint density at radius 2 is 1.48 bits per heavy atom. The van der Waals surface area contributed by atoms with E-state index in [0.717, 1.165) is 0 Å². The fraction of sp³-hybridized carbons (Fsp3) is 0.588. The van der Waals surface area contributed by atoms with Gasteiger partial charge in [-0.3, -0.25) is 9.36 Å². The zero-order valence-electron chi connectivity index (χ0n) is 15.9. The molecule has 1 unspecified atom stereocenters. The summed E-state index contributed by atoms with van der Waals surface area (Å²) in [6.07, 6.45) is 0. The molecule has 0 saturated heterocycles. The lowest BCUT2D eigenvalue weighted by Crippen LogP contribution is -2.51. The number of carbonyl (C=O) groups is 1. The van der Waals surface area contributed by atoms with Crippen molar-refractivity contribution < 1.29 is 9.36 Å². The van der Waals surface area contributed by atoms with E-state index in [0.29, 0.717) is 26.2 Å². The number of nitrogens with one attached hydrogen (secondary N) is 1. The molecule has 1 rings (SSSR count). The van der Waals surface area contributed by atoms with Crippen LogP contribution in [0.4, 0.5) is 0 Å². The Balaban J connectivity index is 3.47. The summed E-state index contributed by atoms with van der Waals surface area (Å²) in [5.41, 5.74) is 0.226. The average molecular weight is 477 g/mol. The number of alkyl halides is 3. The first-order chi connectivity index (χ1) is 12.6. The van der Waals surface area contributed by atoms with Crippen molar-refractivity contribution in [2.24, 2.45) is 0 Å². The Morgan fingerprint density at radius 3 is 1.85 bits per heavy atom. The first-order valence-electron chi connectivity index (χ1n) is 8.80. The minimum absolute atomic E-state index is 0.226. The van der Waals surface area contributed by atoms with Crippen LogP contribution in [0.25, 0.3) is 0 Å². The van der Waals surface area contributed by atoms with E-state index in [2.05, 4.69) is 5.32 Å². The van der Waals surface area contributed by atoms with Gasteiger partial charge in [-0.25, -0.2) is 9.34 Å². The highest BCUT2D eigenvalue weighted by Gasteiger charge is 2.52. The van der Waals surface area contributed by atoms with Crippen LogP contribution in [0, 0.1) is 0 Å². The smallest absolute Gasteiger partial charge is 0.253 e. The van der Waals surface area contributed by atoms with Gasteiger partial charge in [0.1, 0.15) is 0 Å². The SMILES string of the molecule is CCN(CC)P(=O)(C(NC(=O)c1ccccc1Cl)C(Cl)(Cl)Cl)N(CC)CC. The van der Waals surface area contributed by atoms with Gasteiger partial charge in [0.05, 0.1) is 10.6 Å². The molecule has 1 aromatic carbocycles. The van der Waals surface area contributed by atoms with Gasteiger partial charge in [0, 0.05) is 26.2 Å². The van der Waals surface area contributed by atoms with Crippen molar-refractivity contribution in [3.05, 3.63) is 34.9 Å². The number of hydrogen-bond donors (Lipinski definition) is 1. The van der Waals surface area contributed by atoms with Crippen LogP contribution in [0.5, 0.6) is 0 Å². The minimum atomic E-state index is -3.46. The summed E-state index contributed by atoms with van der Waals surface area (Å²) in [5, 5.41) is 2.95.